The number of nitrogens with zero attached hydrogens (tertiary/aromatic N) is 4. The lowest BCUT2D eigenvalue weighted by atomic mass is 10.0. The number of hydrogen-bond donors (Lipinski definition) is 0. The van der Waals surface area contributed by atoms with Crippen LogP contribution in [-0.2, 0) is 16.0 Å². The van der Waals surface area contributed by atoms with Crippen molar-refractivity contribution in [3.63, 3.8) is 0 Å². The fraction of sp³-hybridized carbons (Fsp3) is 0.545. The number of benzene rings is 2. The monoisotopic (exact) mass is 594 g/mol. The molecule has 2 unspecified atom stereocenters. The molecule has 0 saturated carbocycles. The van der Waals surface area contributed by atoms with E-state index in [1.54, 1.807) is 16.7 Å². The lowest BCUT2D eigenvalue weighted by Crippen LogP contribution is -2.43. The predicted octanol–water partition coefficient (Wildman–Crippen LogP) is 5.26. The second-order valence-electron chi connectivity index (χ2n) is 12.0. The van der Waals surface area contributed by atoms with Crippen LogP contribution in [0.15, 0.2) is 42.5 Å². The Balaban J connectivity index is 1.14. The van der Waals surface area contributed by atoms with Gasteiger partial charge in [-0.25, -0.2) is 4.79 Å². The molecule has 9 heteroatoms. The average Bonchev–Trinajstić information content (AvgIpc) is 3.56. The largest absolute Gasteiger partial charge is 0.446 e. The first-order valence-corrected chi connectivity index (χ1v) is 15.7. The molecule has 0 bridgehead atoms. The summed E-state index contributed by atoms with van der Waals surface area (Å²) in [6.07, 6.45) is 2.38. The van der Waals surface area contributed by atoms with Crippen LogP contribution in [0.1, 0.15) is 54.6 Å². The summed E-state index contributed by atoms with van der Waals surface area (Å²) in [5.74, 6) is 1.19. The SMILES string of the molecule is CCc1ccccc1C(=O)N1CC2CN(CCCN(C(=O)OC3CCN(C(C)=O)CC3)c3ccc(C)c(Cl)c3)CC2C1. The minimum absolute atomic E-state index is 0.0582. The van der Waals surface area contributed by atoms with E-state index in [1.165, 1.54) is 0 Å². The fourth-order valence-corrected chi connectivity index (χ4v) is 6.84. The van der Waals surface area contributed by atoms with Crippen molar-refractivity contribution in [2.24, 2.45) is 11.8 Å². The Hall–Kier alpha value is -3.10. The summed E-state index contributed by atoms with van der Waals surface area (Å²) in [5, 5.41) is 0.619. The molecule has 0 radical (unpaired) electrons. The molecular weight excluding hydrogens is 552 g/mol. The minimum Gasteiger partial charge on any atom is -0.446 e. The van der Waals surface area contributed by atoms with Crippen molar-refractivity contribution in [2.45, 2.75) is 52.6 Å². The van der Waals surface area contributed by atoms with Crippen LogP contribution in [0.2, 0.25) is 5.02 Å². The molecule has 3 saturated heterocycles. The van der Waals surface area contributed by atoms with Crippen LogP contribution in [-0.4, -0.2) is 91.1 Å². The molecule has 0 spiro atoms. The molecule has 2 aromatic carbocycles. The van der Waals surface area contributed by atoms with Crippen molar-refractivity contribution >= 4 is 35.2 Å². The zero-order valence-corrected chi connectivity index (χ0v) is 25.8. The first-order chi connectivity index (χ1) is 20.2. The Kier molecular flexibility index (Phi) is 9.74. The summed E-state index contributed by atoms with van der Waals surface area (Å²) in [7, 11) is 0. The summed E-state index contributed by atoms with van der Waals surface area (Å²) in [4.78, 5) is 46.3. The Morgan fingerprint density at radius 1 is 0.976 bits per heavy atom. The zero-order valence-electron chi connectivity index (χ0n) is 25.1. The van der Waals surface area contributed by atoms with Gasteiger partial charge in [-0.15, -0.1) is 0 Å². The number of amides is 3. The molecule has 3 heterocycles. The van der Waals surface area contributed by atoms with Crippen molar-refractivity contribution in [2.75, 3.05) is 57.3 Å². The molecule has 2 atom stereocenters. The number of carbonyl (C=O) groups is 3. The standard InChI is InChI=1S/C33H43ClN4O4/c1-4-25-8-5-6-9-30(25)32(40)37-21-26-19-35(20-27(26)22-37)14-7-15-38(28-11-10-23(2)31(34)18-28)33(41)42-29-12-16-36(17-13-29)24(3)39/h5-6,8-11,18,26-27,29H,4,7,12-17,19-22H2,1-3H3. The van der Waals surface area contributed by atoms with Crippen LogP contribution in [0, 0.1) is 18.8 Å². The van der Waals surface area contributed by atoms with Crippen molar-refractivity contribution in [1.29, 1.82) is 0 Å². The van der Waals surface area contributed by atoms with Gasteiger partial charge in [-0.3, -0.25) is 14.5 Å². The highest BCUT2D eigenvalue weighted by Crippen LogP contribution is 2.33. The van der Waals surface area contributed by atoms with Gasteiger partial charge in [-0.05, 0) is 67.5 Å². The highest BCUT2D eigenvalue weighted by molar-refractivity contribution is 6.31. The third-order valence-corrected chi connectivity index (χ3v) is 9.58. The Bertz CT molecular complexity index is 1280. The van der Waals surface area contributed by atoms with E-state index in [2.05, 4.69) is 11.8 Å². The molecule has 42 heavy (non-hydrogen) atoms. The molecular formula is C33H43ClN4O4. The van der Waals surface area contributed by atoms with Gasteiger partial charge in [0.1, 0.15) is 6.10 Å². The Morgan fingerprint density at radius 2 is 1.67 bits per heavy atom. The van der Waals surface area contributed by atoms with Gasteiger partial charge in [-0.1, -0.05) is 42.8 Å². The van der Waals surface area contributed by atoms with Crippen molar-refractivity contribution in [1.82, 2.24) is 14.7 Å². The lowest BCUT2D eigenvalue weighted by molar-refractivity contribution is -0.130. The fourth-order valence-electron chi connectivity index (χ4n) is 6.67. The number of aryl methyl sites for hydroxylation is 2. The van der Waals surface area contributed by atoms with E-state index in [1.807, 2.05) is 54.3 Å². The van der Waals surface area contributed by atoms with Crippen molar-refractivity contribution in [3.05, 3.63) is 64.2 Å². The number of hydrogen-bond acceptors (Lipinski definition) is 5. The topological polar surface area (TPSA) is 73.4 Å². The second kappa shape index (κ2) is 13.5. The molecule has 8 nitrogen and oxygen atoms in total. The van der Waals surface area contributed by atoms with E-state index in [0.717, 1.165) is 67.9 Å². The molecule has 2 aromatic rings. The van der Waals surface area contributed by atoms with E-state index >= 15 is 0 Å². The highest BCUT2D eigenvalue weighted by Gasteiger charge is 2.41. The van der Waals surface area contributed by atoms with Gasteiger partial charge in [0, 0.05) is 81.9 Å². The van der Waals surface area contributed by atoms with E-state index in [-0.39, 0.29) is 24.0 Å². The number of fused-ring (bicyclic) bond motifs is 1. The first kappa shape index (κ1) is 30.4. The number of likely N-dealkylation sites (tertiary alicyclic amines) is 3. The van der Waals surface area contributed by atoms with E-state index in [0.29, 0.717) is 49.3 Å². The molecule has 0 aromatic heterocycles. The number of halogens is 1. The number of anilines is 1. The molecule has 226 valence electrons. The minimum atomic E-state index is -0.365. The number of ether oxygens (including phenoxy) is 1. The van der Waals surface area contributed by atoms with E-state index in [4.69, 9.17) is 16.3 Å². The van der Waals surface area contributed by atoms with Gasteiger partial charge >= 0.3 is 6.09 Å². The second-order valence-corrected chi connectivity index (χ2v) is 12.4. The quantitative estimate of drug-likeness (QED) is 0.417. The Labute approximate surface area is 254 Å². The molecule has 3 amide bonds. The molecule has 0 aliphatic carbocycles. The third-order valence-electron chi connectivity index (χ3n) is 9.18. The highest BCUT2D eigenvalue weighted by atomic mass is 35.5. The lowest BCUT2D eigenvalue weighted by Gasteiger charge is -2.32. The van der Waals surface area contributed by atoms with Gasteiger partial charge in [0.05, 0.1) is 0 Å². The van der Waals surface area contributed by atoms with Crippen LogP contribution in [0.5, 0.6) is 0 Å². The van der Waals surface area contributed by atoms with Crippen LogP contribution in [0.4, 0.5) is 10.5 Å². The van der Waals surface area contributed by atoms with Crippen LogP contribution < -0.4 is 4.90 Å². The van der Waals surface area contributed by atoms with Gasteiger partial charge in [0.25, 0.3) is 5.91 Å². The third kappa shape index (κ3) is 6.92. The first-order valence-electron chi connectivity index (χ1n) is 15.3. The van der Waals surface area contributed by atoms with Gasteiger partial charge in [0.2, 0.25) is 5.91 Å². The van der Waals surface area contributed by atoms with Crippen LogP contribution in [0.3, 0.4) is 0 Å². The maximum atomic E-state index is 13.4. The smallest absolute Gasteiger partial charge is 0.414 e. The molecule has 3 fully saturated rings. The summed E-state index contributed by atoms with van der Waals surface area (Å²) < 4.78 is 5.93. The Morgan fingerprint density at radius 3 is 2.31 bits per heavy atom. The number of piperidine rings is 1. The summed E-state index contributed by atoms with van der Waals surface area (Å²) >= 11 is 6.43. The van der Waals surface area contributed by atoms with Crippen molar-refractivity contribution < 1.29 is 19.1 Å². The van der Waals surface area contributed by atoms with Crippen LogP contribution >= 0.6 is 11.6 Å². The summed E-state index contributed by atoms with van der Waals surface area (Å²) in [5.41, 5.74) is 3.64. The van der Waals surface area contributed by atoms with Gasteiger partial charge < -0.3 is 19.4 Å². The predicted molar refractivity (Wildman–Crippen MR) is 165 cm³/mol. The molecule has 3 aliphatic heterocycles. The summed E-state index contributed by atoms with van der Waals surface area (Å²) in [6, 6.07) is 13.6. The zero-order chi connectivity index (χ0) is 29.8. The average molecular weight is 595 g/mol. The molecule has 5 rings (SSSR count). The maximum Gasteiger partial charge on any atom is 0.414 e. The number of carbonyl (C=O) groups excluding carboxylic acids is 3. The van der Waals surface area contributed by atoms with Crippen molar-refractivity contribution in [3.8, 4) is 0 Å². The van der Waals surface area contributed by atoms with Gasteiger partial charge in [-0.2, -0.15) is 0 Å². The molecule has 0 N–H and O–H groups in total. The van der Waals surface area contributed by atoms with E-state index < -0.39 is 0 Å². The van der Waals surface area contributed by atoms with Gasteiger partial charge in [0.15, 0.2) is 0 Å². The normalized spacial score (nSPS) is 21.0. The van der Waals surface area contributed by atoms with Crippen LogP contribution in [0.25, 0.3) is 0 Å². The van der Waals surface area contributed by atoms with E-state index in [9.17, 15) is 14.4 Å². The number of rotatable bonds is 8. The maximum absolute atomic E-state index is 13.4. The summed E-state index contributed by atoms with van der Waals surface area (Å²) in [6.45, 7) is 11.8. The molecule has 3 aliphatic rings.